The van der Waals surface area contributed by atoms with Crippen LogP contribution in [0.4, 0.5) is 10.1 Å². The summed E-state index contributed by atoms with van der Waals surface area (Å²) in [6.07, 6.45) is 5.17. The SMILES string of the molecule is CN=C(NCCCN1CCN(c2ccccc2F)CC1)NCCn1cccc1.I. The predicted octanol–water partition coefficient (Wildman–Crippen LogP) is 2.62. The average molecular weight is 514 g/mol. The highest BCUT2D eigenvalue weighted by Gasteiger charge is 2.18. The molecule has 1 saturated heterocycles. The van der Waals surface area contributed by atoms with E-state index in [1.165, 1.54) is 6.07 Å². The molecular weight excluding hydrogens is 482 g/mol. The van der Waals surface area contributed by atoms with Gasteiger partial charge >= 0.3 is 0 Å². The van der Waals surface area contributed by atoms with Crippen molar-refractivity contribution in [1.29, 1.82) is 0 Å². The number of guanidine groups is 1. The molecule has 1 aromatic carbocycles. The number of para-hydroxylation sites is 1. The first-order valence-corrected chi connectivity index (χ1v) is 10.0. The fourth-order valence-corrected chi connectivity index (χ4v) is 3.47. The van der Waals surface area contributed by atoms with Crippen LogP contribution in [0, 0.1) is 5.82 Å². The van der Waals surface area contributed by atoms with Crippen LogP contribution in [-0.2, 0) is 6.54 Å². The zero-order chi connectivity index (χ0) is 19.6. The van der Waals surface area contributed by atoms with Crippen molar-refractivity contribution in [2.75, 3.05) is 57.8 Å². The lowest BCUT2D eigenvalue weighted by Gasteiger charge is -2.36. The maximum Gasteiger partial charge on any atom is 0.191 e. The minimum Gasteiger partial charge on any atom is -0.367 e. The predicted molar refractivity (Wildman–Crippen MR) is 129 cm³/mol. The highest BCUT2D eigenvalue weighted by Crippen LogP contribution is 2.20. The highest BCUT2D eigenvalue weighted by atomic mass is 127. The monoisotopic (exact) mass is 514 g/mol. The Labute approximate surface area is 190 Å². The summed E-state index contributed by atoms with van der Waals surface area (Å²) in [6, 6.07) is 11.1. The average Bonchev–Trinajstić information content (AvgIpc) is 3.24. The molecule has 0 atom stereocenters. The van der Waals surface area contributed by atoms with E-state index in [9.17, 15) is 4.39 Å². The number of hydrogen-bond donors (Lipinski definition) is 2. The molecule has 0 aliphatic carbocycles. The van der Waals surface area contributed by atoms with Crippen molar-refractivity contribution < 1.29 is 4.39 Å². The number of aliphatic imine (C=N–C) groups is 1. The largest absolute Gasteiger partial charge is 0.367 e. The van der Waals surface area contributed by atoms with E-state index < -0.39 is 0 Å². The molecule has 1 aliphatic heterocycles. The van der Waals surface area contributed by atoms with Gasteiger partial charge in [0.05, 0.1) is 5.69 Å². The Morgan fingerprint density at radius 1 is 0.966 bits per heavy atom. The number of benzene rings is 1. The maximum absolute atomic E-state index is 13.9. The molecule has 1 fully saturated rings. The first-order valence-electron chi connectivity index (χ1n) is 10.0. The van der Waals surface area contributed by atoms with E-state index in [-0.39, 0.29) is 29.8 Å². The van der Waals surface area contributed by atoms with E-state index in [1.54, 1.807) is 13.1 Å². The quantitative estimate of drug-likeness (QED) is 0.246. The summed E-state index contributed by atoms with van der Waals surface area (Å²) in [5.41, 5.74) is 0.721. The van der Waals surface area contributed by atoms with Crippen molar-refractivity contribution in [3.05, 3.63) is 54.6 Å². The molecule has 2 N–H and O–H groups in total. The zero-order valence-electron chi connectivity index (χ0n) is 17.1. The lowest BCUT2D eigenvalue weighted by molar-refractivity contribution is 0.254. The molecule has 0 amide bonds. The van der Waals surface area contributed by atoms with Crippen molar-refractivity contribution in [1.82, 2.24) is 20.1 Å². The third-order valence-corrected chi connectivity index (χ3v) is 5.06. The number of rotatable bonds is 8. The fourth-order valence-electron chi connectivity index (χ4n) is 3.47. The molecule has 160 valence electrons. The topological polar surface area (TPSA) is 47.8 Å². The molecule has 8 heteroatoms. The molecule has 0 saturated carbocycles. The van der Waals surface area contributed by atoms with Gasteiger partial charge in [-0.05, 0) is 37.2 Å². The van der Waals surface area contributed by atoms with Gasteiger partial charge in [-0.2, -0.15) is 0 Å². The van der Waals surface area contributed by atoms with Crippen LogP contribution < -0.4 is 15.5 Å². The summed E-state index contributed by atoms with van der Waals surface area (Å²) < 4.78 is 16.1. The molecule has 2 aromatic rings. The van der Waals surface area contributed by atoms with E-state index >= 15 is 0 Å². The van der Waals surface area contributed by atoms with Crippen LogP contribution in [-0.4, -0.2) is 68.3 Å². The van der Waals surface area contributed by atoms with Crippen LogP contribution in [0.15, 0.2) is 53.8 Å². The molecule has 1 aliphatic rings. The van der Waals surface area contributed by atoms with Gasteiger partial charge in [0.1, 0.15) is 5.82 Å². The van der Waals surface area contributed by atoms with Crippen LogP contribution in [0.5, 0.6) is 0 Å². The van der Waals surface area contributed by atoms with Gasteiger partial charge in [0.2, 0.25) is 0 Å². The molecule has 2 heterocycles. The van der Waals surface area contributed by atoms with Gasteiger partial charge in [-0.1, -0.05) is 12.1 Å². The summed E-state index contributed by atoms with van der Waals surface area (Å²) in [7, 11) is 1.80. The number of halogens is 2. The standard InChI is InChI=1S/C21H31FN6.HI/c1-23-21(25-10-14-26-11-4-5-12-26)24-9-6-13-27-15-17-28(18-16-27)20-8-3-2-7-19(20)22;/h2-5,7-8,11-12H,6,9-10,13-18H2,1H3,(H2,23,24,25);1H. The zero-order valence-corrected chi connectivity index (χ0v) is 19.4. The second kappa shape index (κ2) is 12.7. The Morgan fingerprint density at radius 3 is 2.34 bits per heavy atom. The molecule has 29 heavy (non-hydrogen) atoms. The Bertz CT molecular complexity index is 729. The summed E-state index contributed by atoms with van der Waals surface area (Å²) in [4.78, 5) is 8.86. The van der Waals surface area contributed by atoms with E-state index in [0.29, 0.717) is 0 Å². The molecule has 0 radical (unpaired) electrons. The van der Waals surface area contributed by atoms with Gasteiger partial charge < -0.3 is 20.1 Å². The molecular formula is C21H32FIN6. The number of piperazine rings is 1. The minimum atomic E-state index is -0.129. The van der Waals surface area contributed by atoms with E-state index in [2.05, 4.69) is 42.4 Å². The molecule has 1 aromatic heterocycles. The summed E-state index contributed by atoms with van der Waals surface area (Å²) in [6.45, 7) is 7.37. The fraction of sp³-hybridized carbons (Fsp3) is 0.476. The first-order chi connectivity index (χ1) is 13.8. The van der Waals surface area contributed by atoms with Crippen molar-refractivity contribution in [2.24, 2.45) is 4.99 Å². The van der Waals surface area contributed by atoms with Crippen molar-refractivity contribution >= 4 is 35.6 Å². The van der Waals surface area contributed by atoms with Crippen molar-refractivity contribution in [3.8, 4) is 0 Å². The van der Waals surface area contributed by atoms with Crippen LogP contribution in [0.2, 0.25) is 0 Å². The summed E-state index contributed by atoms with van der Waals surface area (Å²) in [5.74, 6) is 0.715. The van der Waals surface area contributed by atoms with Gasteiger partial charge in [-0.3, -0.25) is 9.89 Å². The molecule has 0 spiro atoms. The summed E-state index contributed by atoms with van der Waals surface area (Å²) >= 11 is 0. The van der Waals surface area contributed by atoms with Gasteiger partial charge in [-0.25, -0.2) is 4.39 Å². The van der Waals surface area contributed by atoms with Crippen LogP contribution >= 0.6 is 24.0 Å². The van der Waals surface area contributed by atoms with E-state index in [0.717, 1.165) is 70.4 Å². The normalized spacial score (nSPS) is 15.1. The third kappa shape index (κ3) is 7.50. The van der Waals surface area contributed by atoms with Gasteiger partial charge in [0, 0.05) is 65.3 Å². The lowest BCUT2D eigenvalue weighted by Crippen LogP contribution is -2.47. The first kappa shape index (κ1) is 23.5. The minimum absolute atomic E-state index is 0. The third-order valence-electron chi connectivity index (χ3n) is 5.06. The maximum atomic E-state index is 13.9. The van der Waals surface area contributed by atoms with Crippen LogP contribution in [0.3, 0.4) is 0 Å². The molecule has 6 nitrogen and oxygen atoms in total. The Kier molecular flexibility index (Phi) is 10.3. The smallest absolute Gasteiger partial charge is 0.191 e. The van der Waals surface area contributed by atoms with Gasteiger partial charge in [0.15, 0.2) is 5.96 Å². The molecule has 0 unspecified atom stereocenters. The lowest BCUT2D eigenvalue weighted by atomic mass is 10.2. The number of hydrogen-bond acceptors (Lipinski definition) is 3. The highest BCUT2D eigenvalue weighted by molar-refractivity contribution is 14.0. The van der Waals surface area contributed by atoms with Crippen molar-refractivity contribution in [2.45, 2.75) is 13.0 Å². The van der Waals surface area contributed by atoms with Crippen molar-refractivity contribution in [3.63, 3.8) is 0 Å². The second-order valence-electron chi connectivity index (χ2n) is 6.98. The van der Waals surface area contributed by atoms with Crippen LogP contribution in [0.1, 0.15) is 6.42 Å². The molecule has 0 bridgehead atoms. The van der Waals surface area contributed by atoms with E-state index in [1.807, 2.05) is 24.3 Å². The Balaban J connectivity index is 0.00000300. The number of nitrogens with zero attached hydrogens (tertiary/aromatic N) is 4. The molecule has 3 rings (SSSR count). The number of nitrogens with one attached hydrogen (secondary N) is 2. The van der Waals surface area contributed by atoms with Gasteiger partial charge in [0.25, 0.3) is 0 Å². The Morgan fingerprint density at radius 2 is 1.66 bits per heavy atom. The van der Waals surface area contributed by atoms with Gasteiger partial charge in [-0.15, -0.1) is 24.0 Å². The van der Waals surface area contributed by atoms with E-state index in [4.69, 9.17) is 0 Å². The summed E-state index contributed by atoms with van der Waals surface area (Å²) in [5, 5.41) is 6.71. The number of anilines is 1. The Hall–Kier alpha value is -1.81. The van der Waals surface area contributed by atoms with Crippen LogP contribution in [0.25, 0.3) is 0 Å². The number of aromatic nitrogens is 1. The second-order valence-corrected chi connectivity index (χ2v) is 6.98.